The smallest absolute Gasteiger partial charge is 0.229 e. The number of nitrogens with zero attached hydrogens (tertiary/aromatic N) is 3. The second-order valence-electron chi connectivity index (χ2n) is 5.25. The van der Waals surface area contributed by atoms with Crippen LogP contribution in [0.1, 0.15) is 26.5 Å². The first-order valence-corrected chi connectivity index (χ1v) is 7.77. The van der Waals surface area contributed by atoms with Crippen LogP contribution in [0.4, 0.5) is 23.1 Å². The summed E-state index contributed by atoms with van der Waals surface area (Å²) in [5, 5.41) is 5.95. The van der Waals surface area contributed by atoms with Gasteiger partial charge in [0.2, 0.25) is 11.9 Å². The Morgan fingerprint density at radius 1 is 1.09 bits per heavy atom. The van der Waals surface area contributed by atoms with Gasteiger partial charge in [0.25, 0.3) is 0 Å². The van der Waals surface area contributed by atoms with Crippen molar-refractivity contribution in [2.45, 2.75) is 27.7 Å². The highest BCUT2D eigenvalue weighted by atomic mass is 16.1. The molecule has 1 aromatic heterocycles. The maximum absolute atomic E-state index is 11.0. The molecule has 6 nitrogen and oxygen atoms in total. The van der Waals surface area contributed by atoms with Gasteiger partial charge in [-0.05, 0) is 45.0 Å². The zero-order valence-electron chi connectivity index (χ0n) is 14.1. The van der Waals surface area contributed by atoms with Crippen molar-refractivity contribution in [3.8, 4) is 0 Å². The molecule has 122 valence electrons. The molecule has 0 bridgehead atoms. The summed E-state index contributed by atoms with van der Waals surface area (Å²) in [6.45, 7) is 9.46. The van der Waals surface area contributed by atoms with Crippen LogP contribution in [0.2, 0.25) is 0 Å². The number of rotatable bonds is 6. The molecule has 0 unspecified atom stereocenters. The van der Waals surface area contributed by atoms with Gasteiger partial charge < -0.3 is 15.5 Å². The quantitative estimate of drug-likeness (QED) is 0.856. The second-order valence-corrected chi connectivity index (χ2v) is 5.25. The third-order valence-electron chi connectivity index (χ3n) is 3.39. The molecule has 2 N–H and O–H groups in total. The van der Waals surface area contributed by atoms with Crippen molar-refractivity contribution in [1.82, 2.24) is 9.97 Å². The fourth-order valence-electron chi connectivity index (χ4n) is 2.29. The van der Waals surface area contributed by atoms with E-state index in [1.807, 2.05) is 37.3 Å². The first-order chi connectivity index (χ1) is 11.0. The van der Waals surface area contributed by atoms with Crippen molar-refractivity contribution in [2.75, 3.05) is 28.6 Å². The lowest BCUT2D eigenvalue weighted by atomic mass is 10.3. The Hall–Kier alpha value is -2.63. The van der Waals surface area contributed by atoms with Crippen molar-refractivity contribution in [1.29, 1.82) is 0 Å². The summed E-state index contributed by atoms with van der Waals surface area (Å²) < 4.78 is 0. The highest BCUT2D eigenvalue weighted by molar-refractivity contribution is 5.88. The lowest BCUT2D eigenvalue weighted by molar-refractivity contribution is -0.114. The molecular formula is C17H23N5O. The SMILES string of the molecule is CCN(CC)c1cc(C)nc(Nc2ccc(NC(C)=O)cc2)n1. The summed E-state index contributed by atoms with van der Waals surface area (Å²) in [4.78, 5) is 22.2. The molecule has 0 radical (unpaired) electrons. The van der Waals surface area contributed by atoms with Gasteiger partial charge in [-0.1, -0.05) is 0 Å². The Morgan fingerprint density at radius 2 is 1.70 bits per heavy atom. The van der Waals surface area contributed by atoms with Crippen LogP contribution < -0.4 is 15.5 Å². The minimum atomic E-state index is -0.0865. The number of hydrogen-bond donors (Lipinski definition) is 2. The van der Waals surface area contributed by atoms with Crippen LogP contribution in [-0.2, 0) is 4.79 Å². The summed E-state index contributed by atoms with van der Waals surface area (Å²) in [6.07, 6.45) is 0. The number of aryl methyl sites for hydroxylation is 1. The number of aromatic nitrogens is 2. The van der Waals surface area contributed by atoms with E-state index >= 15 is 0 Å². The monoisotopic (exact) mass is 313 g/mol. The number of benzene rings is 1. The zero-order chi connectivity index (χ0) is 16.8. The van der Waals surface area contributed by atoms with E-state index in [1.165, 1.54) is 6.92 Å². The summed E-state index contributed by atoms with van der Waals surface area (Å²) >= 11 is 0. The van der Waals surface area contributed by atoms with E-state index in [0.29, 0.717) is 5.95 Å². The standard InChI is InChI=1S/C17H23N5O/c1-5-22(6-2)16-11-12(3)18-17(21-16)20-15-9-7-14(8-10-15)19-13(4)23/h7-11H,5-6H2,1-4H3,(H,19,23)(H,18,20,21). The van der Waals surface area contributed by atoms with Gasteiger partial charge in [0.05, 0.1) is 0 Å². The zero-order valence-corrected chi connectivity index (χ0v) is 14.1. The molecule has 23 heavy (non-hydrogen) atoms. The first kappa shape index (κ1) is 16.7. The van der Waals surface area contributed by atoms with Gasteiger partial charge in [-0.25, -0.2) is 4.98 Å². The van der Waals surface area contributed by atoms with Crippen LogP contribution >= 0.6 is 0 Å². The molecule has 1 aromatic carbocycles. The van der Waals surface area contributed by atoms with E-state index < -0.39 is 0 Å². The van der Waals surface area contributed by atoms with E-state index in [0.717, 1.165) is 36.0 Å². The molecule has 0 fully saturated rings. The van der Waals surface area contributed by atoms with Gasteiger partial charge in [-0.2, -0.15) is 4.98 Å². The minimum Gasteiger partial charge on any atom is -0.357 e. The summed E-state index contributed by atoms with van der Waals surface area (Å²) in [5.41, 5.74) is 2.55. The van der Waals surface area contributed by atoms with Crippen molar-refractivity contribution >= 4 is 29.0 Å². The fourth-order valence-corrected chi connectivity index (χ4v) is 2.29. The number of hydrogen-bond acceptors (Lipinski definition) is 5. The van der Waals surface area contributed by atoms with Crippen LogP contribution in [0.5, 0.6) is 0 Å². The molecule has 1 heterocycles. The first-order valence-electron chi connectivity index (χ1n) is 7.77. The van der Waals surface area contributed by atoms with E-state index in [9.17, 15) is 4.79 Å². The van der Waals surface area contributed by atoms with E-state index in [-0.39, 0.29) is 5.91 Å². The molecule has 0 spiro atoms. The van der Waals surface area contributed by atoms with E-state index in [4.69, 9.17) is 0 Å². The Morgan fingerprint density at radius 3 is 2.26 bits per heavy atom. The van der Waals surface area contributed by atoms with Crippen molar-refractivity contribution < 1.29 is 4.79 Å². The number of anilines is 4. The number of nitrogens with one attached hydrogen (secondary N) is 2. The lowest BCUT2D eigenvalue weighted by Gasteiger charge is -2.20. The van der Waals surface area contributed by atoms with Gasteiger partial charge >= 0.3 is 0 Å². The van der Waals surface area contributed by atoms with Crippen molar-refractivity contribution in [3.63, 3.8) is 0 Å². The number of amides is 1. The Balaban J connectivity index is 2.17. The normalized spacial score (nSPS) is 10.3. The van der Waals surface area contributed by atoms with Gasteiger partial charge in [0.15, 0.2) is 0 Å². The lowest BCUT2D eigenvalue weighted by Crippen LogP contribution is -2.23. The fraction of sp³-hybridized carbons (Fsp3) is 0.353. The maximum atomic E-state index is 11.0. The third kappa shape index (κ3) is 4.67. The molecule has 6 heteroatoms. The highest BCUT2D eigenvalue weighted by Crippen LogP contribution is 2.19. The molecule has 1 amide bonds. The Kier molecular flexibility index (Phi) is 5.51. The summed E-state index contributed by atoms with van der Waals surface area (Å²) in [5.74, 6) is 1.40. The molecule has 0 aliphatic heterocycles. The maximum Gasteiger partial charge on any atom is 0.229 e. The van der Waals surface area contributed by atoms with Crippen LogP contribution in [0, 0.1) is 6.92 Å². The third-order valence-corrected chi connectivity index (χ3v) is 3.39. The van der Waals surface area contributed by atoms with Crippen LogP contribution in [-0.4, -0.2) is 29.0 Å². The van der Waals surface area contributed by atoms with E-state index in [2.05, 4.69) is 39.3 Å². The molecular weight excluding hydrogens is 290 g/mol. The summed E-state index contributed by atoms with van der Waals surface area (Å²) in [6, 6.07) is 9.43. The van der Waals surface area contributed by atoms with E-state index in [1.54, 1.807) is 0 Å². The number of carbonyl (C=O) groups is 1. The molecule has 0 aliphatic rings. The predicted molar refractivity (Wildman–Crippen MR) is 94.4 cm³/mol. The molecule has 0 aliphatic carbocycles. The molecule has 0 saturated carbocycles. The Labute approximate surface area is 137 Å². The average molecular weight is 313 g/mol. The van der Waals surface area contributed by atoms with Gasteiger partial charge in [0.1, 0.15) is 5.82 Å². The largest absolute Gasteiger partial charge is 0.357 e. The van der Waals surface area contributed by atoms with Crippen LogP contribution in [0.3, 0.4) is 0 Å². The second kappa shape index (κ2) is 7.58. The molecule has 0 saturated heterocycles. The van der Waals surface area contributed by atoms with Crippen LogP contribution in [0.15, 0.2) is 30.3 Å². The molecule has 0 atom stereocenters. The average Bonchev–Trinajstić information content (AvgIpc) is 2.49. The molecule has 2 aromatic rings. The minimum absolute atomic E-state index is 0.0865. The van der Waals surface area contributed by atoms with Gasteiger partial charge in [0, 0.05) is 43.1 Å². The highest BCUT2D eigenvalue weighted by Gasteiger charge is 2.08. The summed E-state index contributed by atoms with van der Waals surface area (Å²) in [7, 11) is 0. The number of carbonyl (C=O) groups excluding carboxylic acids is 1. The van der Waals surface area contributed by atoms with Gasteiger partial charge in [-0.3, -0.25) is 4.79 Å². The van der Waals surface area contributed by atoms with Crippen molar-refractivity contribution in [2.24, 2.45) is 0 Å². The topological polar surface area (TPSA) is 70.2 Å². The predicted octanol–water partition coefficient (Wildman–Crippen LogP) is 3.33. The molecule has 2 rings (SSSR count). The Bertz CT molecular complexity index is 665. The van der Waals surface area contributed by atoms with Crippen LogP contribution in [0.25, 0.3) is 0 Å². The van der Waals surface area contributed by atoms with Crippen molar-refractivity contribution in [3.05, 3.63) is 36.0 Å². The van der Waals surface area contributed by atoms with Gasteiger partial charge in [-0.15, -0.1) is 0 Å².